The van der Waals surface area contributed by atoms with Gasteiger partial charge >= 0.3 is 0 Å². The molecule has 0 bridgehead atoms. The van der Waals surface area contributed by atoms with Crippen molar-refractivity contribution in [2.24, 2.45) is 0 Å². The number of aryl methyl sites for hydroxylation is 1. The molecule has 16 heavy (non-hydrogen) atoms. The van der Waals surface area contributed by atoms with E-state index in [0.717, 1.165) is 6.29 Å². The van der Waals surface area contributed by atoms with Gasteiger partial charge in [-0.3, -0.25) is 9.59 Å². The normalized spacial score (nSPS) is 10.4. The lowest BCUT2D eigenvalue weighted by Gasteiger charge is -1.94. The summed E-state index contributed by atoms with van der Waals surface area (Å²) in [5.74, 6) is -0.333. The monoisotopic (exact) mass is 218 g/mol. The first-order valence-electron chi connectivity index (χ1n) is 4.73. The van der Waals surface area contributed by atoms with Crippen LogP contribution in [0.25, 0.3) is 0 Å². The third-order valence-electron chi connectivity index (χ3n) is 2.47. The summed E-state index contributed by atoms with van der Waals surface area (Å²) in [4.78, 5) is 29.4. The van der Waals surface area contributed by atoms with Crippen LogP contribution in [0.1, 0.15) is 38.0 Å². The van der Waals surface area contributed by atoms with Crippen LogP contribution < -0.4 is 0 Å². The highest BCUT2D eigenvalue weighted by atomic mass is 16.3. The largest absolute Gasteiger partial charge is 0.442 e. The molecule has 2 rings (SSSR count). The Labute approximate surface area is 91.5 Å². The van der Waals surface area contributed by atoms with Crippen LogP contribution in [-0.4, -0.2) is 22.0 Å². The number of oxazole rings is 1. The number of aromatic nitrogens is 2. The van der Waals surface area contributed by atoms with Crippen molar-refractivity contribution >= 4 is 12.1 Å². The predicted octanol–water partition coefficient (Wildman–Crippen LogP) is 1.66. The molecule has 0 aromatic carbocycles. The topological polar surface area (TPSA) is 76.0 Å². The molecule has 82 valence electrons. The Bertz CT molecular complexity index is 538. The average molecular weight is 218 g/mol. The molecule has 2 aromatic rings. The van der Waals surface area contributed by atoms with Crippen molar-refractivity contribution in [3.8, 4) is 0 Å². The zero-order chi connectivity index (χ0) is 11.7. The number of carbonyl (C=O) groups excluding carboxylic acids is 2. The highest BCUT2D eigenvalue weighted by Gasteiger charge is 2.21. The lowest BCUT2D eigenvalue weighted by atomic mass is 10.1. The van der Waals surface area contributed by atoms with Crippen LogP contribution in [0.2, 0.25) is 0 Å². The number of nitrogens with one attached hydrogen (secondary N) is 1. The molecule has 0 aliphatic rings. The van der Waals surface area contributed by atoms with Crippen molar-refractivity contribution in [3.63, 3.8) is 0 Å². The van der Waals surface area contributed by atoms with Crippen molar-refractivity contribution in [1.29, 1.82) is 0 Å². The Morgan fingerprint density at radius 1 is 1.50 bits per heavy atom. The maximum atomic E-state index is 11.9. The van der Waals surface area contributed by atoms with E-state index in [1.807, 2.05) is 0 Å². The summed E-state index contributed by atoms with van der Waals surface area (Å²) in [5, 5.41) is 0. The lowest BCUT2D eigenvalue weighted by molar-refractivity contribution is 0.0998. The van der Waals surface area contributed by atoms with Gasteiger partial charge < -0.3 is 9.40 Å². The van der Waals surface area contributed by atoms with E-state index in [4.69, 9.17) is 4.42 Å². The summed E-state index contributed by atoms with van der Waals surface area (Å²) in [6.07, 6.45) is 3.46. The number of carbonyl (C=O) groups is 2. The van der Waals surface area contributed by atoms with E-state index in [1.165, 1.54) is 12.5 Å². The van der Waals surface area contributed by atoms with Gasteiger partial charge in [-0.05, 0) is 19.4 Å². The molecule has 5 nitrogen and oxygen atoms in total. The van der Waals surface area contributed by atoms with Gasteiger partial charge in [-0.15, -0.1) is 0 Å². The number of hydrogen-bond acceptors (Lipinski definition) is 4. The molecule has 0 aliphatic heterocycles. The zero-order valence-electron chi connectivity index (χ0n) is 8.90. The first kappa shape index (κ1) is 10.4. The third kappa shape index (κ3) is 1.46. The Morgan fingerprint density at radius 3 is 2.75 bits per heavy atom. The van der Waals surface area contributed by atoms with Crippen LogP contribution in [0.5, 0.6) is 0 Å². The van der Waals surface area contributed by atoms with Crippen molar-refractivity contribution in [2.45, 2.75) is 13.8 Å². The number of nitrogens with zero attached hydrogens (tertiary/aromatic N) is 1. The minimum Gasteiger partial charge on any atom is -0.442 e. The fraction of sp³-hybridized carbons (Fsp3) is 0.182. The van der Waals surface area contributed by atoms with Gasteiger partial charge in [0.05, 0.1) is 11.9 Å². The first-order chi connectivity index (χ1) is 7.65. The van der Waals surface area contributed by atoms with Gasteiger partial charge in [-0.1, -0.05) is 0 Å². The number of aromatic amines is 1. The highest BCUT2D eigenvalue weighted by molar-refractivity contribution is 6.07. The third-order valence-corrected chi connectivity index (χ3v) is 2.47. The fourth-order valence-electron chi connectivity index (χ4n) is 1.61. The molecule has 5 heteroatoms. The van der Waals surface area contributed by atoms with Crippen LogP contribution in [0.15, 0.2) is 16.9 Å². The lowest BCUT2D eigenvalue weighted by Crippen LogP contribution is -2.04. The molecule has 0 saturated carbocycles. The molecule has 0 unspecified atom stereocenters. The number of rotatable bonds is 3. The van der Waals surface area contributed by atoms with Crippen LogP contribution in [0.3, 0.4) is 0 Å². The van der Waals surface area contributed by atoms with E-state index in [1.54, 1.807) is 13.8 Å². The Kier molecular flexibility index (Phi) is 2.44. The molecule has 0 amide bonds. The summed E-state index contributed by atoms with van der Waals surface area (Å²) in [7, 11) is 0. The first-order valence-corrected chi connectivity index (χ1v) is 4.73. The standard InChI is InChI=1S/C11H10N2O3/c1-6-8(5-14)7(2)13-9(6)10(15)11-12-3-4-16-11/h3-5,13H,1-2H3. The molecule has 0 atom stereocenters. The average Bonchev–Trinajstić information content (AvgIpc) is 2.86. The Balaban J connectivity index is 2.50. The van der Waals surface area contributed by atoms with Gasteiger partial charge in [0.1, 0.15) is 6.26 Å². The number of ketones is 1. The minimum atomic E-state index is -0.348. The second-order valence-corrected chi connectivity index (χ2v) is 3.45. The second kappa shape index (κ2) is 3.77. The van der Waals surface area contributed by atoms with E-state index >= 15 is 0 Å². The fourth-order valence-corrected chi connectivity index (χ4v) is 1.61. The zero-order valence-corrected chi connectivity index (χ0v) is 8.90. The maximum Gasteiger partial charge on any atom is 0.269 e. The van der Waals surface area contributed by atoms with Crippen LogP contribution in [0.4, 0.5) is 0 Å². The summed E-state index contributed by atoms with van der Waals surface area (Å²) in [5.41, 5.74) is 2.15. The summed E-state index contributed by atoms with van der Waals surface area (Å²) >= 11 is 0. The summed E-state index contributed by atoms with van der Waals surface area (Å²) < 4.78 is 4.92. The van der Waals surface area contributed by atoms with E-state index < -0.39 is 0 Å². The SMILES string of the molecule is Cc1[nH]c(C(=O)c2ncco2)c(C)c1C=O. The molecular weight excluding hydrogens is 208 g/mol. The van der Waals surface area contributed by atoms with Gasteiger partial charge in [0.25, 0.3) is 11.7 Å². The molecule has 2 aromatic heterocycles. The van der Waals surface area contributed by atoms with Crippen molar-refractivity contribution in [3.05, 3.63) is 40.9 Å². The number of H-pyrrole nitrogens is 1. The van der Waals surface area contributed by atoms with E-state index in [2.05, 4.69) is 9.97 Å². The van der Waals surface area contributed by atoms with E-state index in [-0.39, 0.29) is 11.7 Å². The van der Waals surface area contributed by atoms with Gasteiger partial charge in [0.2, 0.25) is 0 Å². The van der Waals surface area contributed by atoms with Gasteiger partial charge in [0.15, 0.2) is 6.29 Å². The number of hydrogen-bond donors (Lipinski definition) is 1. The van der Waals surface area contributed by atoms with Gasteiger partial charge in [-0.25, -0.2) is 4.98 Å². The second-order valence-electron chi connectivity index (χ2n) is 3.45. The smallest absolute Gasteiger partial charge is 0.269 e. The van der Waals surface area contributed by atoms with Crippen molar-refractivity contribution in [1.82, 2.24) is 9.97 Å². The molecule has 0 aliphatic carbocycles. The molecule has 0 spiro atoms. The highest BCUT2D eigenvalue weighted by Crippen LogP contribution is 2.18. The van der Waals surface area contributed by atoms with Gasteiger partial charge in [0, 0.05) is 11.3 Å². The van der Waals surface area contributed by atoms with Crippen molar-refractivity contribution in [2.75, 3.05) is 0 Å². The molecule has 0 radical (unpaired) electrons. The Hall–Kier alpha value is -2.17. The van der Waals surface area contributed by atoms with Crippen molar-refractivity contribution < 1.29 is 14.0 Å². The molecule has 1 N–H and O–H groups in total. The Morgan fingerprint density at radius 2 is 2.25 bits per heavy atom. The number of aldehydes is 1. The summed E-state index contributed by atoms with van der Waals surface area (Å²) in [6.45, 7) is 3.45. The molecule has 0 fully saturated rings. The minimum absolute atomic E-state index is 0.0156. The van der Waals surface area contributed by atoms with Crippen LogP contribution >= 0.6 is 0 Å². The molecular formula is C11H10N2O3. The molecule has 0 saturated heterocycles. The van der Waals surface area contributed by atoms with Crippen LogP contribution in [0, 0.1) is 13.8 Å². The predicted molar refractivity (Wildman–Crippen MR) is 55.6 cm³/mol. The van der Waals surface area contributed by atoms with Crippen LogP contribution in [-0.2, 0) is 0 Å². The molecule has 2 heterocycles. The maximum absolute atomic E-state index is 11.9. The summed E-state index contributed by atoms with van der Waals surface area (Å²) in [6, 6.07) is 0. The quantitative estimate of drug-likeness (QED) is 0.628. The van der Waals surface area contributed by atoms with E-state index in [0.29, 0.717) is 22.5 Å². The van der Waals surface area contributed by atoms with Gasteiger partial charge in [-0.2, -0.15) is 0 Å². The van der Waals surface area contributed by atoms with E-state index in [9.17, 15) is 9.59 Å².